The highest BCUT2D eigenvalue weighted by Crippen LogP contribution is 2.46. The number of halogens is 3. The third kappa shape index (κ3) is 3.54. The Balaban J connectivity index is 1.78. The lowest BCUT2D eigenvalue weighted by molar-refractivity contribution is -0.137. The molecule has 1 nitrogen and oxygen atoms in total. The predicted octanol–water partition coefficient (Wildman–Crippen LogP) is 8.72. The van der Waals surface area contributed by atoms with Gasteiger partial charge >= 0.3 is 17.7 Å². The maximum atomic E-state index is 13.2. The van der Waals surface area contributed by atoms with E-state index in [4.69, 9.17) is 4.42 Å². The molecule has 0 aliphatic heterocycles. The van der Waals surface area contributed by atoms with Crippen LogP contribution in [-0.2, 0) is 12.6 Å². The first kappa shape index (κ1) is 21.4. The number of benzene rings is 3. The highest BCUT2D eigenvalue weighted by molar-refractivity contribution is 5.91. The highest BCUT2D eigenvalue weighted by atomic mass is 19.4. The van der Waals surface area contributed by atoms with E-state index in [0.717, 1.165) is 68.2 Å². The summed E-state index contributed by atoms with van der Waals surface area (Å²) in [6.07, 6.45) is -3.70. The van der Waals surface area contributed by atoms with Crippen molar-refractivity contribution in [3.8, 4) is 33.6 Å². The molecule has 4 heteroatoms. The summed E-state index contributed by atoms with van der Waals surface area (Å²) in [4.78, 5) is 0. The van der Waals surface area contributed by atoms with Crippen LogP contribution in [0.25, 0.3) is 33.6 Å². The van der Waals surface area contributed by atoms with Gasteiger partial charge in [0.1, 0.15) is 0 Å². The molecular formula is C29H24F3O+. The fourth-order valence-corrected chi connectivity index (χ4v) is 4.85. The summed E-state index contributed by atoms with van der Waals surface area (Å²) in [5.74, 6) is 1.60. The molecule has 166 valence electrons. The normalized spacial score (nSPS) is 12.6. The Kier molecular flexibility index (Phi) is 4.93. The molecule has 0 atom stereocenters. The molecule has 0 bridgehead atoms. The summed E-state index contributed by atoms with van der Waals surface area (Å²) in [7, 11) is 0. The fraction of sp³-hybridized carbons (Fsp3) is 0.207. The van der Waals surface area contributed by atoms with E-state index in [1.807, 2.05) is 18.2 Å². The van der Waals surface area contributed by atoms with E-state index in [-0.39, 0.29) is 0 Å². The van der Waals surface area contributed by atoms with Crippen molar-refractivity contribution in [3.05, 3.63) is 99.8 Å². The number of hydrogen-bond acceptors (Lipinski definition) is 0. The maximum absolute atomic E-state index is 13.2. The first-order chi connectivity index (χ1) is 15.6. The van der Waals surface area contributed by atoms with Gasteiger partial charge in [0.15, 0.2) is 0 Å². The van der Waals surface area contributed by atoms with Gasteiger partial charge in [-0.15, -0.1) is 0 Å². The minimum absolute atomic E-state index is 0.648. The molecule has 0 saturated heterocycles. The molecule has 1 heterocycles. The van der Waals surface area contributed by atoms with Crippen LogP contribution in [0.3, 0.4) is 0 Å². The highest BCUT2D eigenvalue weighted by Gasteiger charge is 2.35. The van der Waals surface area contributed by atoms with Crippen LogP contribution in [0.4, 0.5) is 13.2 Å². The summed E-state index contributed by atoms with van der Waals surface area (Å²) in [6, 6.07) is 17.7. The molecule has 0 fully saturated rings. The average Bonchev–Trinajstić information content (AvgIpc) is 3.15. The van der Waals surface area contributed by atoms with Gasteiger partial charge in [0.05, 0.1) is 29.2 Å². The Morgan fingerprint density at radius 2 is 1.36 bits per heavy atom. The largest absolute Gasteiger partial charge is 0.416 e. The summed E-state index contributed by atoms with van der Waals surface area (Å²) < 4.78 is 46.0. The standard InChI is InChI=1S/C29H24F3O/c1-16-13-17(2)19(4)27(18(16)3)26-15-24(20-9-11-22(12-10-20)29(30,31)32)28-23-8-6-5-7-21(23)14-25(28)33-26/h5-13,15H,14H2,1-4H3/q+1. The van der Waals surface area contributed by atoms with Crippen molar-refractivity contribution in [1.82, 2.24) is 0 Å². The van der Waals surface area contributed by atoms with Crippen LogP contribution in [0.1, 0.15) is 39.1 Å². The molecule has 1 aromatic heterocycles. The molecule has 33 heavy (non-hydrogen) atoms. The van der Waals surface area contributed by atoms with Crippen molar-refractivity contribution in [3.63, 3.8) is 0 Å². The van der Waals surface area contributed by atoms with Gasteiger partial charge in [-0.1, -0.05) is 42.5 Å². The Hall–Kier alpha value is -3.40. The summed E-state index contributed by atoms with van der Waals surface area (Å²) in [5, 5.41) is 0. The number of hydrogen-bond donors (Lipinski definition) is 0. The zero-order valence-electron chi connectivity index (χ0n) is 19.0. The van der Waals surface area contributed by atoms with Crippen LogP contribution < -0.4 is 0 Å². The summed E-state index contributed by atoms with van der Waals surface area (Å²) >= 11 is 0. The van der Waals surface area contributed by atoms with Crippen LogP contribution in [0, 0.1) is 27.7 Å². The zero-order chi connectivity index (χ0) is 23.5. The van der Waals surface area contributed by atoms with Gasteiger partial charge in [-0.3, -0.25) is 0 Å². The molecule has 1 aliphatic carbocycles. The number of alkyl halides is 3. The van der Waals surface area contributed by atoms with Crippen molar-refractivity contribution in [2.24, 2.45) is 0 Å². The van der Waals surface area contributed by atoms with E-state index in [2.05, 4.69) is 45.9 Å². The van der Waals surface area contributed by atoms with Crippen molar-refractivity contribution in [1.29, 1.82) is 0 Å². The smallest absolute Gasteiger partial charge is 0.211 e. The third-order valence-electron chi connectivity index (χ3n) is 6.83. The molecule has 5 rings (SSSR count). The second kappa shape index (κ2) is 7.58. The molecule has 0 unspecified atom stereocenters. The number of rotatable bonds is 2. The third-order valence-corrected chi connectivity index (χ3v) is 6.83. The topological polar surface area (TPSA) is 11.3 Å². The predicted molar refractivity (Wildman–Crippen MR) is 126 cm³/mol. The Labute approximate surface area is 191 Å². The van der Waals surface area contributed by atoms with Crippen LogP contribution in [-0.4, -0.2) is 0 Å². The van der Waals surface area contributed by atoms with Gasteiger partial charge < -0.3 is 0 Å². The van der Waals surface area contributed by atoms with Crippen LogP contribution in [0.2, 0.25) is 0 Å². The van der Waals surface area contributed by atoms with Crippen molar-refractivity contribution >= 4 is 0 Å². The van der Waals surface area contributed by atoms with E-state index < -0.39 is 11.7 Å². The van der Waals surface area contributed by atoms with Crippen LogP contribution in [0.15, 0.2) is 65.1 Å². The number of fused-ring (bicyclic) bond motifs is 3. The van der Waals surface area contributed by atoms with Crippen molar-refractivity contribution in [2.45, 2.75) is 40.3 Å². The molecule has 0 spiro atoms. The molecule has 3 aromatic carbocycles. The second-order valence-corrected chi connectivity index (χ2v) is 8.87. The lowest BCUT2D eigenvalue weighted by atomic mass is 9.90. The van der Waals surface area contributed by atoms with Crippen molar-refractivity contribution < 1.29 is 17.6 Å². The van der Waals surface area contributed by atoms with E-state index in [9.17, 15) is 13.2 Å². The molecule has 1 aliphatic rings. The second-order valence-electron chi connectivity index (χ2n) is 8.87. The van der Waals surface area contributed by atoms with Gasteiger partial charge in [-0.25, -0.2) is 4.42 Å². The fourth-order valence-electron chi connectivity index (χ4n) is 4.85. The average molecular weight is 446 g/mol. The Morgan fingerprint density at radius 3 is 2.00 bits per heavy atom. The minimum atomic E-state index is -4.36. The van der Waals surface area contributed by atoms with Gasteiger partial charge in [0.2, 0.25) is 0 Å². The SMILES string of the molecule is Cc1cc(C)c(C)c(-c2cc(-c3ccc(C(F)(F)F)cc3)c3c([o+]2)Cc2ccccc2-3)c1C. The molecule has 0 saturated carbocycles. The monoisotopic (exact) mass is 445 g/mol. The summed E-state index contributed by atoms with van der Waals surface area (Å²) in [5.41, 5.74) is 9.91. The van der Waals surface area contributed by atoms with Gasteiger partial charge in [0, 0.05) is 5.56 Å². The van der Waals surface area contributed by atoms with Crippen LogP contribution in [0.5, 0.6) is 0 Å². The van der Waals surface area contributed by atoms with E-state index in [1.54, 1.807) is 12.1 Å². The maximum Gasteiger partial charge on any atom is 0.416 e. The zero-order valence-corrected chi connectivity index (χ0v) is 19.0. The van der Waals surface area contributed by atoms with Crippen molar-refractivity contribution in [2.75, 3.05) is 0 Å². The lowest BCUT2D eigenvalue weighted by Crippen LogP contribution is -2.04. The Bertz CT molecular complexity index is 1370. The first-order valence-electron chi connectivity index (χ1n) is 11.0. The van der Waals surface area contributed by atoms with E-state index >= 15 is 0 Å². The summed E-state index contributed by atoms with van der Waals surface area (Å²) in [6.45, 7) is 8.36. The molecule has 0 radical (unpaired) electrons. The van der Waals surface area contributed by atoms with Gasteiger partial charge in [-0.2, -0.15) is 13.2 Å². The van der Waals surface area contributed by atoms with Gasteiger partial charge in [0.25, 0.3) is 0 Å². The Morgan fingerprint density at radius 1 is 0.727 bits per heavy atom. The van der Waals surface area contributed by atoms with Gasteiger partial charge in [-0.05, 0) is 78.8 Å². The van der Waals surface area contributed by atoms with E-state index in [1.165, 1.54) is 11.1 Å². The molecule has 0 amide bonds. The quantitative estimate of drug-likeness (QED) is 0.247. The van der Waals surface area contributed by atoms with E-state index in [0.29, 0.717) is 6.42 Å². The lowest BCUT2D eigenvalue weighted by Gasteiger charge is -2.13. The minimum Gasteiger partial charge on any atom is -0.211 e. The number of aryl methyl sites for hydroxylation is 2. The molecular weight excluding hydrogens is 421 g/mol. The van der Waals surface area contributed by atoms with Crippen LogP contribution >= 0.6 is 0 Å². The first-order valence-corrected chi connectivity index (χ1v) is 11.0. The molecule has 0 N–H and O–H groups in total. The molecule has 4 aromatic rings.